The second kappa shape index (κ2) is 8.83. The van der Waals surface area contributed by atoms with Gasteiger partial charge >= 0.3 is 0 Å². The summed E-state index contributed by atoms with van der Waals surface area (Å²) in [5, 5.41) is 4.04. The smallest absolute Gasteiger partial charge is 0.256 e. The lowest BCUT2D eigenvalue weighted by molar-refractivity contribution is 0.102. The number of aryl methyl sites for hydroxylation is 3. The maximum absolute atomic E-state index is 13.7. The van der Waals surface area contributed by atoms with Crippen molar-refractivity contribution in [2.45, 2.75) is 34.1 Å². The van der Waals surface area contributed by atoms with Gasteiger partial charge in [0.1, 0.15) is 5.75 Å². The topological polar surface area (TPSA) is 51.2 Å². The van der Waals surface area contributed by atoms with Gasteiger partial charge in [0.25, 0.3) is 5.91 Å². The number of benzene rings is 3. The van der Waals surface area contributed by atoms with E-state index in [1.54, 1.807) is 7.11 Å². The number of carbonyl (C=O) groups is 1. The fourth-order valence-electron chi connectivity index (χ4n) is 4.27. The van der Waals surface area contributed by atoms with Crippen molar-refractivity contribution in [1.29, 1.82) is 0 Å². The molecule has 1 N–H and O–H groups in total. The lowest BCUT2D eigenvalue weighted by Gasteiger charge is -2.17. The van der Waals surface area contributed by atoms with Crippen molar-refractivity contribution >= 4 is 22.5 Å². The number of aromatic nitrogens is 1. The summed E-state index contributed by atoms with van der Waals surface area (Å²) in [7, 11) is 1.65. The van der Waals surface area contributed by atoms with Gasteiger partial charge in [0.05, 0.1) is 23.9 Å². The van der Waals surface area contributed by atoms with E-state index in [1.807, 2.05) is 69.3 Å². The molecule has 0 aliphatic rings. The van der Waals surface area contributed by atoms with Crippen molar-refractivity contribution in [3.8, 4) is 17.0 Å². The number of para-hydroxylation sites is 1. The lowest BCUT2D eigenvalue weighted by atomic mass is 9.94. The van der Waals surface area contributed by atoms with Crippen LogP contribution in [0.2, 0.25) is 0 Å². The number of ether oxygens (including phenoxy) is 1. The molecule has 3 aromatic carbocycles. The van der Waals surface area contributed by atoms with E-state index < -0.39 is 0 Å². The molecule has 0 aliphatic carbocycles. The molecular formula is C28H28N2O2. The standard InChI is InChI=1S/C28H28N2O2/c1-6-20-9-7-8-10-24(20)29-28(31)25-19(4)27(21-11-13-22(32-5)14-12-21)30-26-18(3)15-17(2)16-23(25)26/h7-16H,6H2,1-5H3,(H,29,31). The molecule has 4 nitrogen and oxygen atoms in total. The van der Waals surface area contributed by atoms with E-state index in [0.717, 1.165) is 62.3 Å². The number of methoxy groups -OCH3 is 1. The zero-order chi connectivity index (χ0) is 22.8. The van der Waals surface area contributed by atoms with Crippen LogP contribution in [-0.2, 0) is 6.42 Å². The van der Waals surface area contributed by atoms with Gasteiger partial charge in [-0.05, 0) is 80.3 Å². The minimum atomic E-state index is -0.115. The summed E-state index contributed by atoms with van der Waals surface area (Å²) < 4.78 is 5.30. The Bertz CT molecular complexity index is 1310. The van der Waals surface area contributed by atoms with Crippen LogP contribution >= 0.6 is 0 Å². The summed E-state index contributed by atoms with van der Waals surface area (Å²) in [6, 6.07) is 19.9. The first-order chi connectivity index (χ1) is 15.4. The van der Waals surface area contributed by atoms with Gasteiger partial charge in [0.2, 0.25) is 0 Å². The molecule has 4 rings (SSSR count). The van der Waals surface area contributed by atoms with E-state index in [1.165, 1.54) is 0 Å². The molecule has 0 saturated carbocycles. The first-order valence-electron chi connectivity index (χ1n) is 10.9. The third-order valence-corrected chi connectivity index (χ3v) is 5.90. The van der Waals surface area contributed by atoms with E-state index in [4.69, 9.17) is 9.72 Å². The summed E-state index contributed by atoms with van der Waals surface area (Å²) >= 11 is 0. The van der Waals surface area contributed by atoms with Crippen LogP contribution < -0.4 is 10.1 Å². The Labute approximate surface area is 189 Å². The quantitative estimate of drug-likeness (QED) is 0.390. The third-order valence-electron chi connectivity index (χ3n) is 5.90. The molecular weight excluding hydrogens is 396 g/mol. The Hall–Kier alpha value is -3.66. The minimum absolute atomic E-state index is 0.115. The highest BCUT2D eigenvalue weighted by Gasteiger charge is 2.21. The largest absolute Gasteiger partial charge is 0.497 e. The number of fused-ring (bicyclic) bond motifs is 1. The Morgan fingerprint density at radius 1 is 1.00 bits per heavy atom. The molecule has 0 unspecified atom stereocenters. The molecule has 0 fully saturated rings. The number of amides is 1. The number of rotatable bonds is 5. The fraction of sp³-hybridized carbons (Fsp3) is 0.214. The van der Waals surface area contributed by atoms with Crippen LogP contribution in [0.4, 0.5) is 5.69 Å². The van der Waals surface area contributed by atoms with Gasteiger partial charge in [0.15, 0.2) is 0 Å². The summed E-state index contributed by atoms with van der Waals surface area (Å²) in [6.07, 6.45) is 0.849. The van der Waals surface area contributed by atoms with Crippen molar-refractivity contribution in [1.82, 2.24) is 4.98 Å². The Morgan fingerprint density at radius 3 is 2.41 bits per heavy atom. The number of pyridine rings is 1. The van der Waals surface area contributed by atoms with Gasteiger partial charge in [-0.1, -0.05) is 36.8 Å². The lowest BCUT2D eigenvalue weighted by Crippen LogP contribution is -2.16. The van der Waals surface area contributed by atoms with E-state index in [-0.39, 0.29) is 5.91 Å². The van der Waals surface area contributed by atoms with Crippen LogP contribution in [0.3, 0.4) is 0 Å². The van der Waals surface area contributed by atoms with Gasteiger partial charge in [-0.2, -0.15) is 0 Å². The number of carbonyl (C=O) groups excluding carboxylic acids is 1. The highest BCUT2D eigenvalue weighted by molar-refractivity contribution is 6.15. The summed E-state index contributed by atoms with van der Waals surface area (Å²) in [5.74, 6) is 0.670. The SMILES string of the molecule is CCc1ccccc1NC(=O)c1c(C)c(-c2ccc(OC)cc2)nc2c(C)cc(C)cc12. The molecule has 4 heteroatoms. The van der Waals surface area contributed by atoms with E-state index >= 15 is 0 Å². The second-order valence-electron chi connectivity index (χ2n) is 8.13. The zero-order valence-corrected chi connectivity index (χ0v) is 19.2. The maximum atomic E-state index is 13.7. The van der Waals surface area contributed by atoms with Gasteiger partial charge in [-0.3, -0.25) is 4.79 Å². The number of hydrogen-bond acceptors (Lipinski definition) is 3. The first-order valence-corrected chi connectivity index (χ1v) is 10.9. The molecule has 0 atom stereocenters. The number of anilines is 1. The Balaban J connectivity index is 1.93. The van der Waals surface area contributed by atoms with Gasteiger partial charge in [-0.15, -0.1) is 0 Å². The molecule has 0 bridgehead atoms. The first kappa shape index (κ1) is 21.6. The number of nitrogens with one attached hydrogen (secondary N) is 1. The predicted molar refractivity (Wildman–Crippen MR) is 132 cm³/mol. The van der Waals surface area contributed by atoms with Crippen molar-refractivity contribution < 1.29 is 9.53 Å². The van der Waals surface area contributed by atoms with Crippen LogP contribution in [0, 0.1) is 20.8 Å². The number of nitrogens with zero attached hydrogens (tertiary/aromatic N) is 1. The fourth-order valence-corrected chi connectivity index (χ4v) is 4.27. The van der Waals surface area contributed by atoms with Crippen molar-refractivity contribution in [3.63, 3.8) is 0 Å². The van der Waals surface area contributed by atoms with Crippen LogP contribution in [0.1, 0.15) is 39.5 Å². The average Bonchev–Trinajstić information content (AvgIpc) is 2.79. The number of hydrogen-bond donors (Lipinski definition) is 1. The van der Waals surface area contributed by atoms with E-state index in [2.05, 4.69) is 24.4 Å². The Morgan fingerprint density at radius 2 is 1.72 bits per heavy atom. The second-order valence-corrected chi connectivity index (χ2v) is 8.13. The molecule has 0 saturated heterocycles. The van der Waals surface area contributed by atoms with Crippen molar-refractivity contribution in [2.24, 2.45) is 0 Å². The molecule has 162 valence electrons. The third kappa shape index (κ3) is 3.96. The van der Waals surface area contributed by atoms with Gasteiger partial charge in [-0.25, -0.2) is 4.98 Å². The molecule has 0 radical (unpaired) electrons. The molecule has 32 heavy (non-hydrogen) atoms. The normalized spacial score (nSPS) is 10.9. The molecule has 0 aliphatic heterocycles. The highest BCUT2D eigenvalue weighted by atomic mass is 16.5. The van der Waals surface area contributed by atoms with Crippen molar-refractivity contribution in [2.75, 3.05) is 12.4 Å². The summed E-state index contributed by atoms with van der Waals surface area (Å²) in [5.41, 5.74) is 8.25. The zero-order valence-electron chi connectivity index (χ0n) is 19.2. The van der Waals surface area contributed by atoms with Crippen LogP contribution in [-0.4, -0.2) is 18.0 Å². The highest BCUT2D eigenvalue weighted by Crippen LogP contribution is 2.33. The molecule has 4 aromatic rings. The molecule has 1 aromatic heterocycles. The molecule has 1 heterocycles. The Kier molecular flexibility index (Phi) is 5.95. The van der Waals surface area contributed by atoms with Crippen LogP contribution in [0.15, 0.2) is 60.7 Å². The van der Waals surface area contributed by atoms with Crippen LogP contribution in [0.5, 0.6) is 5.75 Å². The monoisotopic (exact) mass is 424 g/mol. The van der Waals surface area contributed by atoms with Crippen molar-refractivity contribution in [3.05, 3.63) is 88.5 Å². The van der Waals surface area contributed by atoms with E-state index in [0.29, 0.717) is 5.56 Å². The maximum Gasteiger partial charge on any atom is 0.256 e. The molecule has 0 spiro atoms. The predicted octanol–water partition coefficient (Wildman–Crippen LogP) is 6.65. The van der Waals surface area contributed by atoms with E-state index in [9.17, 15) is 4.79 Å². The summed E-state index contributed by atoms with van der Waals surface area (Å²) in [4.78, 5) is 18.7. The minimum Gasteiger partial charge on any atom is -0.497 e. The van der Waals surface area contributed by atoms with Gasteiger partial charge < -0.3 is 10.1 Å². The summed E-state index contributed by atoms with van der Waals surface area (Å²) in [6.45, 7) is 8.16. The van der Waals surface area contributed by atoms with Gasteiger partial charge in [0, 0.05) is 16.6 Å². The molecule has 1 amide bonds. The average molecular weight is 425 g/mol. The van der Waals surface area contributed by atoms with Crippen LogP contribution in [0.25, 0.3) is 22.2 Å².